The average Bonchev–Trinajstić information content (AvgIpc) is 4.04. The Morgan fingerprint density at radius 1 is 0.621 bits per heavy atom. The van der Waals surface area contributed by atoms with Crippen LogP contribution in [0.2, 0.25) is 0 Å². The summed E-state index contributed by atoms with van der Waals surface area (Å²) in [6.07, 6.45) is 7.49. The van der Waals surface area contributed by atoms with E-state index in [2.05, 4.69) is 0 Å². The Morgan fingerprint density at radius 2 is 1.14 bits per heavy atom. The number of fused-ring (bicyclic) bond motifs is 2. The molecule has 7 rings (SSSR count). The number of amides is 2. The van der Waals surface area contributed by atoms with E-state index in [1.54, 1.807) is 132 Å². The molecule has 0 spiro atoms. The number of carbonyl (C=O) groups excluding carboxylic acids is 3. The van der Waals surface area contributed by atoms with Crippen LogP contribution in [0.1, 0.15) is 39.7 Å². The van der Waals surface area contributed by atoms with Gasteiger partial charge in [-0.3, -0.25) is 28.8 Å². The standard InChI is InChI=1S/C27H21N3O5.C23H19N3O5/c1-18(31)19-8-10-22(11-9-19)30(16-23-5-4-12-35-23)27(34)20(14-28)13-21-15-29(17-26(32)33)25-7-3-2-6-24(21)25;24-11-17(23(31)26(15-22(29)30)12-16-6-2-1-3-7-16)10-18-13-25(14-21(27)28)20-9-5-4-8-19(18)20/h2-13,15H,16-17H2,1H3,(H,32,33);1-10,13H,12,14-15H2,(H,27,28)(H,29,30). The maximum absolute atomic E-state index is 13.6. The molecule has 3 heterocycles. The first kappa shape index (κ1) is 46.2. The lowest BCUT2D eigenvalue weighted by Gasteiger charge is -2.21. The highest BCUT2D eigenvalue weighted by molar-refractivity contribution is 6.12. The molecule has 0 aliphatic rings. The van der Waals surface area contributed by atoms with Crippen molar-refractivity contribution < 1.29 is 48.5 Å². The van der Waals surface area contributed by atoms with Crippen LogP contribution in [-0.2, 0) is 50.2 Å². The van der Waals surface area contributed by atoms with Crippen molar-refractivity contribution in [3.8, 4) is 12.1 Å². The molecule has 0 atom stereocenters. The normalized spacial score (nSPS) is 11.2. The van der Waals surface area contributed by atoms with Crippen molar-refractivity contribution in [2.45, 2.75) is 33.1 Å². The quantitative estimate of drug-likeness (QED) is 0.0488. The fourth-order valence-corrected chi connectivity index (χ4v) is 7.13. The van der Waals surface area contributed by atoms with Gasteiger partial charge >= 0.3 is 17.9 Å². The van der Waals surface area contributed by atoms with E-state index < -0.39 is 36.3 Å². The third kappa shape index (κ3) is 11.4. The molecule has 3 N–H and O–H groups in total. The summed E-state index contributed by atoms with van der Waals surface area (Å²) in [6.45, 7) is 0.475. The highest BCUT2D eigenvalue weighted by atomic mass is 16.4. The van der Waals surface area contributed by atoms with Crippen LogP contribution in [-0.4, -0.2) is 71.4 Å². The van der Waals surface area contributed by atoms with Gasteiger partial charge in [-0.05, 0) is 73.2 Å². The van der Waals surface area contributed by atoms with Crippen molar-refractivity contribution in [3.63, 3.8) is 0 Å². The largest absolute Gasteiger partial charge is 0.480 e. The van der Waals surface area contributed by atoms with Gasteiger partial charge in [0.25, 0.3) is 11.8 Å². The van der Waals surface area contributed by atoms with Gasteiger partial charge in [-0.15, -0.1) is 0 Å². The van der Waals surface area contributed by atoms with Gasteiger partial charge in [0.2, 0.25) is 0 Å². The maximum Gasteiger partial charge on any atom is 0.323 e. The number of Topliss-reactive ketones (excluding diaryl/α,β-unsaturated/α-hetero) is 1. The monoisotopic (exact) mass is 884 g/mol. The molecule has 4 aromatic carbocycles. The Hall–Kier alpha value is -9.28. The molecule has 0 radical (unpaired) electrons. The lowest BCUT2D eigenvalue weighted by Crippen LogP contribution is -2.35. The summed E-state index contributed by atoms with van der Waals surface area (Å²) in [7, 11) is 0. The molecule has 0 saturated heterocycles. The third-order valence-corrected chi connectivity index (χ3v) is 10.1. The molecule has 3 aromatic heterocycles. The summed E-state index contributed by atoms with van der Waals surface area (Å²) in [4.78, 5) is 74.5. The number of ketones is 1. The second-order valence-electron chi connectivity index (χ2n) is 14.7. The van der Waals surface area contributed by atoms with Crippen LogP contribution < -0.4 is 4.90 Å². The van der Waals surface area contributed by atoms with Gasteiger partial charge in [-0.1, -0.05) is 66.7 Å². The molecule has 0 aliphatic heterocycles. The molecule has 16 heteroatoms. The smallest absolute Gasteiger partial charge is 0.323 e. The first-order valence-corrected chi connectivity index (χ1v) is 20.1. The van der Waals surface area contributed by atoms with Crippen molar-refractivity contribution in [1.29, 1.82) is 10.5 Å². The van der Waals surface area contributed by atoms with Crippen LogP contribution in [0.25, 0.3) is 34.0 Å². The number of para-hydroxylation sites is 2. The number of hydrogen-bond donors (Lipinski definition) is 3. The number of benzene rings is 4. The van der Waals surface area contributed by atoms with Gasteiger partial charge in [0, 0.05) is 63.1 Å². The SMILES string of the molecule is CC(=O)c1ccc(N(Cc2ccco2)C(=O)C(C#N)=Cc2cn(CC(=O)O)c3ccccc23)cc1.N#CC(=Cc1cn(CC(=O)O)c2ccccc12)C(=O)N(CC(=O)O)Cc1ccccc1. The number of rotatable bonds is 16. The zero-order chi connectivity index (χ0) is 47.3. The van der Waals surface area contributed by atoms with Gasteiger partial charge in [-0.2, -0.15) is 10.5 Å². The number of aromatic nitrogens is 2. The molecule has 7 aromatic rings. The average molecular weight is 885 g/mol. The van der Waals surface area contributed by atoms with E-state index in [4.69, 9.17) is 9.52 Å². The summed E-state index contributed by atoms with van der Waals surface area (Å²) in [5, 5.41) is 48.5. The van der Waals surface area contributed by atoms with Crippen LogP contribution in [0.5, 0.6) is 0 Å². The van der Waals surface area contributed by atoms with E-state index in [9.17, 15) is 49.5 Å². The zero-order valence-corrected chi connectivity index (χ0v) is 35.3. The number of nitriles is 2. The number of carboxylic acid groups (broad SMARTS) is 3. The summed E-state index contributed by atoms with van der Waals surface area (Å²) in [5.74, 6) is -4.09. The molecule has 66 heavy (non-hydrogen) atoms. The van der Waals surface area contributed by atoms with Crippen molar-refractivity contribution >= 4 is 75.2 Å². The van der Waals surface area contributed by atoms with Crippen molar-refractivity contribution in [2.24, 2.45) is 0 Å². The Labute approximate surface area is 377 Å². The van der Waals surface area contributed by atoms with Crippen LogP contribution in [0, 0.1) is 22.7 Å². The first-order chi connectivity index (χ1) is 31.8. The number of aliphatic carboxylic acids is 3. The minimum absolute atomic E-state index is 0.0335. The molecular formula is C50H40N6O10. The topological polar surface area (TPSA) is 240 Å². The third-order valence-electron chi connectivity index (χ3n) is 10.1. The number of carboxylic acids is 3. The summed E-state index contributed by atoms with van der Waals surface area (Å²) >= 11 is 0. The summed E-state index contributed by atoms with van der Waals surface area (Å²) in [5.41, 5.74) is 3.72. The fraction of sp³-hybridized carbons (Fsp3) is 0.120. The van der Waals surface area contributed by atoms with Crippen LogP contribution in [0.15, 0.2) is 149 Å². The number of carbonyl (C=O) groups is 6. The Morgan fingerprint density at radius 3 is 1.61 bits per heavy atom. The molecule has 0 aliphatic carbocycles. The number of furan rings is 1. The molecule has 2 amide bonds. The predicted molar refractivity (Wildman–Crippen MR) is 242 cm³/mol. The van der Waals surface area contributed by atoms with Crippen molar-refractivity contribution in [1.82, 2.24) is 14.0 Å². The molecule has 0 saturated carbocycles. The lowest BCUT2D eigenvalue weighted by atomic mass is 10.1. The van der Waals surface area contributed by atoms with Gasteiger partial charge in [0.1, 0.15) is 48.7 Å². The van der Waals surface area contributed by atoms with Gasteiger partial charge < -0.3 is 38.7 Å². The van der Waals surface area contributed by atoms with Gasteiger partial charge in [0.15, 0.2) is 5.78 Å². The predicted octanol–water partition coefficient (Wildman–Crippen LogP) is 7.41. The van der Waals surface area contributed by atoms with Crippen LogP contribution in [0.4, 0.5) is 5.69 Å². The number of hydrogen-bond acceptors (Lipinski definition) is 9. The zero-order valence-electron chi connectivity index (χ0n) is 35.3. The summed E-state index contributed by atoms with van der Waals surface area (Å²) < 4.78 is 8.49. The first-order valence-electron chi connectivity index (χ1n) is 20.1. The molecule has 0 fully saturated rings. The van der Waals surface area contributed by atoms with E-state index in [-0.39, 0.29) is 43.1 Å². The Balaban J connectivity index is 0.000000220. The van der Waals surface area contributed by atoms with E-state index in [0.29, 0.717) is 44.6 Å². The van der Waals surface area contributed by atoms with E-state index >= 15 is 0 Å². The highest BCUT2D eigenvalue weighted by Gasteiger charge is 2.24. The molecule has 330 valence electrons. The number of anilines is 1. The number of nitrogens with zero attached hydrogens (tertiary/aromatic N) is 6. The van der Waals surface area contributed by atoms with Crippen molar-refractivity contribution in [3.05, 3.63) is 173 Å². The van der Waals surface area contributed by atoms with Gasteiger partial charge in [-0.25, -0.2) is 0 Å². The maximum atomic E-state index is 13.6. The van der Waals surface area contributed by atoms with E-state index in [1.807, 2.05) is 12.1 Å². The Bertz CT molecular complexity index is 3090. The molecule has 16 nitrogen and oxygen atoms in total. The second kappa shape index (κ2) is 21.2. The van der Waals surface area contributed by atoms with Gasteiger partial charge in [0.05, 0.1) is 12.8 Å². The minimum Gasteiger partial charge on any atom is -0.480 e. The molecule has 0 unspecified atom stereocenters. The Kier molecular flexibility index (Phi) is 14.8. The fourth-order valence-electron chi connectivity index (χ4n) is 7.13. The molecular weight excluding hydrogens is 845 g/mol. The second-order valence-corrected chi connectivity index (χ2v) is 14.7. The van der Waals surface area contributed by atoms with E-state index in [0.717, 1.165) is 15.8 Å². The van der Waals surface area contributed by atoms with E-state index in [1.165, 1.54) is 34.8 Å². The minimum atomic E-state index is -1.19. The van der Waals surface area contributed by atoms with Crippen molar-refractivity contribution in [2.75, 3.05) is 11.4 Å². The van der Waals surface area contributed by atoms with Crippen LogP contribution in [0.3, 0.4) is 0 Å². The highest BCUT2D eigenvalue weighted by Crippen LogP contribution is 2.27. The lowest BCUT2D eigenvalue weighted by molar-refractivity contribution is -0.143. The van der Waals surface area contributed by atoms with Crippen LogP contribution >= 0.6 is 0 Å². The molecule has 0 bridgehead atoms. The summed E-state index contributed by atoms with van der Waals surface area (Å²) in [6, 6.07) is 36.9.